The van der Waals surface area contributed by atoms with Crippen molar-refractivity contribution < 1.29 is 9.21 Å². The fraction of sp³-hybridized carbons (Fsp3) is 0. The van der Waals surface area contributed by atoms with Gasteiger partial charge in [-0.1, -0.05) is 34.8 Å². The van der Waals surface area contributed by atoms with Crippen molar-refractivity contribution >= 4 is 80.2 Å². The molecule has 0 spiro atoms. The van der Waals surface area contributed by atoms with Crippen LogP contribution in [0.3, 0.4) is 0 Å². The minimum absolute atomic E-state index is 0.0977. The lowest BCUT2D eigenvalue weighted by Crippen LogP contribution is -2.27. The van der Waals surface area contributed by atoms with Crippen LogP contribution in [0.15, 0.2) is 45.2 Å². The summed E-state index contributed by atoms with van der Waals surface area (Å²) in [6.45, 7) is 0. The quantitative estimate of drug-likeness (QED) is 0.365. The first-order chi connectivity index (χ1) is 12.9. The molecule has 0 aliphatic carbocycles. The minimum atomic E-state index is -0.314. The van der Waals surface area contributed by atoms with Crippen LogP contribution in [0.25, 0.3) is 17.4 Å². The molecule has 1 N–H and O–H groups in total. The number of halogens is 3. The summed E-state index contributed by atoms with van der Waals surface area (Å²) in [6, 6.07) is 6.61. The number of rotatable bonds is 3. The summed E-state index contributed by atoms with van der Waals surface area (Å²) < 4.78 is 5.79. The van der Waals surface area contributed by atoms with Crippen LogP contribution >= 0.6 is 57.9 Å². The van der Waals surface area contributed by atoms with Gasteiger partial charge in [0.1, 0.15) is 11.5 Å². The van der Waals surface area contributed by atoms with Crippen molar-refractivity contribution in [2.75, 3.05) is 4.90 Å². The third-order valence-electron chi connectivity index (χ3n) is 3.61. The maximum atomic E-state index is 12.6. The van der Waals surface area contributed by atoms with E-state index in [9.17, 15) is 4.79 Å². The molecule has 1 saturated heterocycles. The molecule has 1 aliphatic rings. The van der Waals surface area contributed by atoms with E-state index in [-0.39, 0.29) is 11.1 Å². The Kier molecular flexibility index (Phi) is 5.05. The fourth-order valence-electron chi connectivity index (χ4n) is 2.40. The number of carbonyl (C=O) groups excluding carboxylic acids is 1. The van der Waals surface area contributed by atoms with Gasteiger partial charge < -0.3 is 4.42 Å². The van der Waals surface area contributed by atoms with E-state index in [1.165, 1.54) is 16.2 Å². The smallest absolute Gasteiger partial charge is 0.273 e. The predicted molar refractivity (Wildman–Crippen MR) is 112 cm³/mol. The maximum Gasteiger partial charge on any atom is 0.273 e. The highest BCUT2D eigenvalue weighted by molar-refractivity contribution is 8.19. The van der Waals surface area contributed by atoms with Crippen LogP contribution in [0, 0.1) is 5.41 Å². The summed E-state index contributed by atoms with van der Waals surface area (Å²) in [4.78, 5) is 18.3. The van der Waals surface area contributed by atoms with Crippen LogP contribution in [0.2, 0.25) is 15.1 Å². The average Bonchev–Trinajstić information content (AvgIpc) is 3.34. The number of carbonyl (C=O) groups is 1. The zero-order valence-electron chi connectivity index (χ0n) is 13.2. The second kappa shape index (κ2) is 7.33. The van der Waals surface area contributed by atoms with Gasteiger partial charge in [-0.3, -0.25) is 10.2 Å². The Morgan fingerprint density at radius 1 is 1.15 bits per heavy atom. The lowest BCUT2D eigenvalue weighted by Gasteiger charge is -2.08. The van der Waals surface area contributed by atoms with Gasteiger partial charge in [0.05, 0.1) is 20.0 Å². The number of benzene rings is 1. The minimum Gasteiger partial charge on any atom is -0.457 e. The number of furan rings is 1. The molecule has 3 aromatic rings. The van der Waals surface area contributed by atoms with Crippen molar-refractivity contribution in [2.24, 2.45) is 0 Å². The molecule has 27 heavy (non-hydrogen) atoms. The van der Waals surface area contributed by atoms with Gasteiger partial charge in [-0.05, 0) is 36.0 Å². The first-order valence-electron chi connectivity index (χ1n) is 7.41. The molecule has 1 aliphatic heterocycles. The number of nitrogens with one attached hydrogen (secondary N) is 1. The Morgan fingerprint density at radius 3 is 2.67 bits per heavy atom. The Morgan fingerprint density at radius 2 is 1.93 bits per heavy atom. The maximum absolute atomic E-state index is 12.6. The molecule has 10 heteroatoms. The lowest BCUT2D eigenvalue weighted by atomic mass is 10.2. The number of hydrogen-bond acceptors (Lipinski definition) is 6. The normalized spacial score (nSPS) is 16.0. The lowest BCUT2D eigenvalue weighted by molar-refractivity contribution is -0.113. The molecule has 3 heterocycles. The number of amides is 1. The van der Waals surface area contributed by atoms with E-state index in [4.69, 9.17) is 44.6 Å². The third-order valence-corrected chi connectivity index (χ3v) is 6.29. The molecule has 0 bridgehead atoms. The number of aromatic nitrogens is 1. The Hall–Kier alpha value is -1.77. The predicted octanol–water partition coefficient (Wildman–Crippen LogP) is 6.42. The fourth-order valence-corrected chi connectivity index (χ4v) is 4.57. The second-order valence-corrected chi connectivity index (χ2v) is 8.44. The van der Waals surface area contributed by atoms with E-state index >= 15 is 0 Å². The Labute approximate surface area is 177 Å². The van der Waals surface area contributed by atoms with Gasteiger partial charge in [0.2, 0.25) is 0 Å². The molecule has 1 fully saturated rings. The van der Waals surface area contributed by atoms with Crippen molar-refractivity contribution in [2.45, 2.75) is 0 Å². The zero-order valence-corrected chi connectivity index (χ0v) is 17.1. The summed E-state index contributed by atoms with van der Waals surface area (Å²) in [5.74, 6) is 0.634. The molecule has 2 aromatic heterocycles. The van der Waals surface area contributed by atoms with Gasteiger partial charge in [0.25, 0.3) is 5.91 Å². The highest BCUT2D eigenvalue weighted by Crippen LogP contribution is 2.38. The average molecular weight is 457 g/mol. The standard InChI is InChI=1S/C17H8Cl3N3O2S2/c18-10-7-12(20)11(19)6-9(10)13-2-1-8(25-13)5-14-15(24)23(16(21)27-14)17-22-3-4-26-17/h1-7,21H/b14-5+,21-16?. The largest absolute Gasteiger partial charge is 0.457 e. The van der Waals surface area contributed by atoms with Gasteiger partial charge >= 0.3 is 0 Å². The van der Waals surface area contributed by atoms with Crippen LogP contribution in [0.4, 0.5) is 5.13 Å². The molecule has 136 valence electrons. The molecular formula is C17H8Cl3N3O2S2. The first-order valence-corrected chi connectivity index (χ1v) is 10.2. The van der Waals surface area contributed by atoms with Gasteiger partial charge in [0, 0.05) is 23.2 Å². The number of anilines is 1. The van der Waals surface area contributed by atoms with Crippen LogP contribution in [-0.4, -0.2) is 16.1 Å². The van der Waals surface area contributed by atoms with Crippen molar-refractivity contribution in [3.05, 3.63) is 61.6 Å². The van der Waals surface area contributed by atoms with E-state index in [1.807, 2.05) is 0 Å². The topological polar surface area (TPSA) is 70.2 Å². The number of hydrogen-bond donors (Lipinski definition) is 1. The molecule has 0 unspecified atom stereocenters. The molecule has 0 saturated carbocycles. The van der Waals surface area contributed by atoms with Crippen molar-refractivity contribution in [1.82, 2.24) is 4.98 Å². The highest BCUT2D eigenvalue weighted by atomic mass is 35.5. The number of amidine groups is 1. The Balaban J connectivity index is 1.64. The molecule has 4 rings (SSSR count). The van der Waals surface area contributed by atoms with Gasteiger partial charge in [-0.2, -0.15) is 0 Å². The zero-order chi connectivity index (χ0) is 19.1. The van der Waals surface area contributed by atoms with Crippen LogP contribution < -0.4 is 4.90 Å². The second-order valence-electron chi connectivity index (χ2n) is 5.32. The molecule has 5 nitrogen and oxygen atoms in total. The monoisotopic (exact) mass is 455 g/mol. The van der Waals surface area contributed by atoms with Crippen LogP contribution in [0.5, 0.6) is 0 Å². The summed E-state index contributed by atoms with van der Waals surface area (Å²) in [5, 5.41) is 11.5. The van der Waals surface area contributed by atoms with E-state index in [1.54, 1.807) is 41.9 Å². The van der Waals surface area contributed by atoms with E-state index in [0.717, 1.165) is 11.8 Å². The van der Waals surface area contributed by atoms with Crippen LogP contribution in [-0.2, 0) is 4.79 Å². The van der Waals surface area contributed by atoms with Crippen molar-refractivity contribution in [1.29, 1.82) is 5.41 Å². The summed E-state index contributed by atoms with van der Waals surface area (Å²) >= 11 is 20.6. The molecular weight excluding hydrogens is 449 g/mol. The van der Waals surface area contributed by atoms with E-state index < -0.39 is 0 Å². The Bertz CT molecular complexity index is 1090. The van der Waals surface area contributed by atoms with Crippen LogP contribution in [0.1, 0.15) is 5.76 Å². The number of thioether (sulfide) groups is 1. The van der Waals surface area contributed by atoms with E-state index in [0.29, 0.717) is 42.2 Å². The molecule has 1 aromatic carbocycles. The number of nitrogens with zero attached hydrogens (tertiary/aromatic N) is 2. The van der Waals surface area contributed by atoms with E-state index in [2.05, 4.69) is 4.98 Å². The van der Waals surface area contributed by atoms with Crippen molar-refractivity contribution in [3.63, 3.8) is 0 Å². The van der Waals surface area contributed by atoms with Gasteiger partial charge in [-0.25, -0.2) is 9.88 Å². The SMILES string of the molecule is N=C1S/C(=C/c2ccc(-c3cc(Cl)c(Cl)cc3Cl)o2)C(=O)N1c1nccs1. The van der Waals surface area contributed by atoms with Gasteiger partial charge in [-0.15, -0.1) is 11.3 Å². The van der Waals surface area contributed by atoms with Crippen molar-refractivity contribution in [3.8, 4) is 11.3 Å². The summed E-state index contributed by atoms with van der Waals surface area (Å²) in [7, 11) is 0. The summed E-state index contributed by atoms with van der Waals surface area (Å²) in [5.41, 5.74) is 0.596. The summed E-state index contributed by atoms with van der Waals surface area (Å²) in [6.07, 6.45) is 3.18. The molecule has 0 atom stereocenters. The third kappa shape index (κ3) is 3.53. The highest BCUT2D eigenvalue weighted by Gasteiger charge is 2.35. The molecule has 1 amide bonds. The first kappa shape index (κ1) is 18.6. The van der Waals surface area contributed by atoms with Gasteiger partial charge in [0.15, 0.2) is 10.3 Å². The number of thiazole rings is 1. The molecule has 0 radical (unpaired) electrons.